The van der Waals surface area contributed by atoms with E-state index < -0.39 is 6.10 Å². The number of rotatable bonds is 4. The third-order valence-electron chi connectivity index (χ3n) is 3.21. The number of hydrogen-bond donors (Lipinski definition) is 1. The molecule has 0 aromatic heterocycles. The number of aryl methyl sites for hydroxylation is 2. The van der Waals surface area contributed by atoms with E-state index in [9.17, 15) is 5.11 Å². The molecule has 1 atom stereocenters. The van der Waals surface area contributed by atoms with Crippen molar-refractivity contribution in [3.05, 3.63) is 63.7 Å². The molecule has 0 saturated carbocycles. The third-order valence-corrected chi connectivity index (χ3v) is 3.56. The van der Waals surface area contributed by atoms with Crippen LogP contribution in [0.1, 0.15) is 35.3 Å². The van der Waals surface area contributed by atoms with Crippen LogP contribution in [0.2, 0.25) is 5.02 Å². The molecule has 20 heavy (non-hydrogen) atoms. The van der Waals surface area contributed by atoms with E-state index in [4.69, 9.17) is 16.3 Å². The maximum absolute atomic E-state index is 9.78. The van der Waals surface area contributed by atoms with Gasteiger partial charge in [0.05, 0.1) is 6.10 Å². The first kappa shape index (κ1) is 14.9. The van der Waals surface area contributed by atoms with E-state index in [-0.39, 0.29) is 0 Å². The predicted molar refractivity (Wildman–Crippen MR) is 82.3 cm³/mol. The zero-order valence-corrected chi connectivity index (χ0v) is 12.7. The SMILES string of the molecule is Cc1ccc(COc2cc(C)ccc2[C@H](C)O)c(Cl)c1. The van der Waals surface area contributed by atoms with Crippen LogP contribution in [-0.4, -0.2) is 5.11 Å². The molecule has 0 heterocycles. The van der Waals surface area contributed by atoms with Gasteiger partial charge in [-0.15, -0.1) is 0 Å². The van der Waals surface area contributed by atoms with Gasteiger partial charge in [-0.3, -0.25) is 0 Å². The first-order valence-electron chi connectivity index (χ1n) is 6.64. The summed E-state index contributed by atoms with van der Waals surface area (Å²) in [5.74, 6) is 0.705. The summed E-state index contributed by atoms with van der Waals surface area (Å²) in [7, 11) is 0. The van der Waals surface area contributed by atoms with Gasteiger partial charge in [0, 0.05) is 16.1 Å². The Balaban J connectivity index is 2.20. The van der Waals surface area contributed by atoms with Gasteiger partial charge in [-0.2, -0.15) is 0 Å². The lowest BCUT2D eigenvalue weighted by Crippen LogP contribution is -2.02. The Morgan fingerprint density at radius 3 is 2.40 bits per heavy atom. The zero-order chi connectivity index (χ0) is 14.7. The Morgan fingerprint density at radius 1 is 1.10 bits per heavy atom. The minimum Gasteiger partial charge on any atom is -0.488 e. The van der Waals surface area contributed by atoms with Gasteiger partial charge in [-0.1, -0.05) is 35.9 Å². The minimum absolute atomic E-state index is 0.391. The molecule has 3 heteroatoms. The zero-order valence-electron chi connectivity index (χ0n) is 12.0. The quantitative estimate of drug-likeness (QED) is 0.892. The van der Waals surface area contributed by atoms with Crippen molar-refractivity contribution in [1.82, 2.24) is 0 Å². The van der Waals surface area contributed by atoms with Crippen molar-refractivity contribution in [3.8, 4) is 5.75 Å². The molecule has 2 rings (SSSR count). The first-order chi connectivity index (χ1) is 9.47. The van der Waals surface area contributed by atoms with Crippen LogP contribution in [0.5, 0.6) is 5.75 Å². The highest BCUT2D eigenvalue weighted by molar-refractivity contribution is 6.31. The number of benzene rings is 2. The maximum atomic E-state index is 9.78. The van der Waals surface area contributed by atoms with E-state index >= 15 is 0 Å². The second-order valence-electron chi connectivity index (χ2n) is 5.10. The first-order valence-corrected chi connectivity index (χ1v) is 7.01. The van der Waals surface area contributed by atoms with Crippen molar-refractivity contribution in [3.63, 3.8) is 0 Å². The van der Waals surface area contributed by atoms with Crippen LogP contribution in [0, 0.1) is 13.8 Å². The molecule has 0 aliphatic heterocycles. The second-order valence-corrected chi connectivity index (χ2v) is 5.51. The van der Waals surface area contributed by atoms with Gasteiger partial charge in [-0.05, 0) is 44.0 Å². The summed E-state index contributed by atoms with van der Waals surface area (Å²) in [6, 6.07) is 11.7. The smallest absolute Gasteiger partial charge is 0.125 e. The molecule has 0 aliphatic carbocycles. The lowest BCUT2D eigenvalue weighted by molar-refractivity contribution is 0.190. The van der Waals surface area contributed by atoms with E-state index in [1.807, 2.05) is 50.2 Å². The Labute approximate surface area is 125 Å². The number of aliphatic hydroxyl groups is 1. The molecular formula is C17H19ClO2. The Morgan fingerprint density at radius 2 is 1.75 bits per heavy atom. The van der Waals surface area contributed by atoms with Gasteiger partial charge in [-0.25, -0.2) is 0 Å². The molecule has 0 aliphatic rings. The monoisotopic (exact) mass is 290 g/mol. The van der Waals surface area contributed by atoms with Crippen molar-refractivity contribution < 1.29 is 9.84 Å². The summed E-state index contributed by atoms with van der Waals surface area (Å²) >= 11 is 6.20. The fourth-order valence-electron chi connectivity index (χ4n) is 2.04. The molecule has 106 valence electrons. The number of ether oxygens (including phenoxy) is 1. The summed E-state index contributed by atoms with van der Waals surface area (Å²) in [5.41, 5.74) is 3.95. The van der Waals surface area contributed by atoms with Crippen molar-refractivity contribution in [2.45, 2.75) is 33.5 Å². The van der Waals surface area contributed by atoms with Gasteiger partial charge in [0.25, 0.3) is 0 Å². The summed E-state index contributed by atoms with van der Waals surface area (Å²) in [4.78, 5) is 0. The van der Waals surface area contributed by atoms with E-state index in [0.717, 1.165) is 22.3 Å². The van der Waals surface area contributed by atoms with Crippen LogP contribution >= 0.6 is 11.6 Å². The Kier molecular flexibility index (Phi) is 4.69. The summed E-state index contributed by atoms with van der Waals surface area (Å²) in [6.07, 6.45) is -0.556. The van der Waals surface area contributed by atoms with Gasteiger partial charge in [0.1, 0.15) is 12.4 Å². The van der Waals surface area contributed by atoms with Crippen LogP contribution < -0.4 is 4.74 Å². The normalized spacial score (nSPS) is 12.2. The fourth-order valence-corrected chi connectivity index (χ4v) is 2.33. The van der Waals surface area contributed by atoms with Crippen molar-refractivity contribution in [1.29, 1.82) is 0 Å². The highest BCUT2D eigenvalue weighted by Crippen LogP contribution is 2.28. The number of aliphatic hydroxyl groups excluding tert-OH is 1. The van der Waals surface area contributed by atoms with Crippen LogP contribution in [-0.2, 0) is 6.61 Å². The van der Waals surface area contributed by atoms with Gasteiger partial charge in [0.15, 0.2) is 0 Å². The van der Waals surface area contributed by atoms with Gasteiger partial charge < -0.3 is 9.84 Å². The Hall–Kier alpha value is -1.51. The largest absolute Gasteiger partial charge is 0.488 e. The van der Waals surface area contributed by atoms with E-state index in [0.29, 0.717) is 17.4 Å². The maximum Gasteiger partial charge on any atom is 0.125 e. The van der Waals surface area contributed by atoms with Crippen LogP contribution in [0.15, 0.2) is 36.4 Å². The van der Waals surface area contributed by atoms with E-state index in [1.54, 1.807) is 6.92 Å². The fraction of sp³-hybridized carbons (Fsp3) is 0.294. The van der Waals surface area contributed by atoms with Gasteiger partial charge in [0.2, 0.25) is 0 Å². The molecule has 0 unspecified atom stereocenters. The summed E-state index contributed by atoms with van der Waals surface area (Å²) in [6.45, 7) is 6.12. The molecule has 0 bridgehead atoms. The average molecular weight is 291 g/mol. The van der Waals surface area contributed by atoms with Crippen LogP contribution in [0.3, 0.4) is 0 Å². The number of hydrogen-bond acceptors (Lipinski definition) is 2. The minimum atomic E-state index is -0.556. The molecule has 2 aromatic carbocycles. The van der Waals surface area contributed by atoms with E-state index in [1.165, 1.54) is 0 Å². The third kappa shape index (κ3) is 3.53. The van der Waals surface area contributed by atoms with Crippen molar-refractivity contribution in [2.75, 3.05) is 0 Å². The molecule has 0 saturated heterocycles. The standard InChI is InChI=1S/C17H19ClO2/c1-11-4-6-14(16(18)8-11)10-20-17-9-12(2)5-7-15(17)13(3)19/h4-9,13,19H,10H2,1-3H3/t13-/m0/s1. The van der Waals surface area contributed by atoms with Crippen LogP contribution in [0.25, 0.3) is 0 Å². The second kappa shape index (κ2) is 6.29. The molecule has 0 amide bonds. The topological polar surface area (TPSA) is 29.5 Å². The van der Waals surface area contributed by atoms with Gasteiger partial charge >= 0.3 is 0 Å². The molecule has 2 aromatic rings. The lowest BCUT2D eigenvalue weighted by Gasteiger charge is -2.15. The highest BCUT2D eigenvalue weighted by atomic mass is 35.5. The highest BCUT2D eigenvalue weighted by Gasteiger charge is 2.10. The molecule has 2 nitrogen and oxygen atoms in total. The molecule has 0 spiro atoms. The lowest BCUT2D eigenvalue weighted by atomic mass is 10.1. The van der Waals surface area contributed by atoms with E-state index in [2.05, 4.69) is 0 Å². The molecular weight excluding hydrogens is 272 g/mol. The van der Waals surface area contributed by atoms with Crippen LogP contribution in [0.4, 0.5) is 0 Å². The number of halogens is 1. The summed E-state index contributed by atoms with van der Waals surface area (Å²) < 4.78 is 5.84. The predicted octanol–water partition coefficient (Wildman–Crippen LogP) is 4.59. The van der Waals surface area contributed by atoms with Crippen molar-refractivity contribution >= 4 is 11.6 Å². The summed E-state index contributed by atoms with van der Waals surface area (Å²) in [5, 5.41) is 10.5. The van der Waals surface area contributed by atoms with Crippen molar-refractivity contribution in [2.24, 2.45) is 0 Å². The Bertz CT molecular complexity index is 606. The molecule has 1 N–H and O–H groups in total. The molecule has 0 fully saturated rings. The molecule has 0 radical (unpaired) electrons. The average Bonchev–Trinajstić information content (AvgIpc) is 2.37.